The normalized spacial score (nSPS) is 17.4. The number of piperidine rings is 1. The Morgan fingerprint density at radius 1 is 1.21 bits per heavy atom. The molecule has 1 aliphatic heterocycles. The molecule has 8 nitrogen and oxygen atoms in total. The van der Waals surface area contributed by atoms with Gasteiger partial charge in [-0.15, -0.1) is 11.3 Å². The van der Waals surface area contributed by atoms with Crippen molar-refractivity contribution in [3.05, 3.63) is 35.7 Å². The smallest absolute Gasteiger partial charge is 0.253 e. The number of carbonyl (C=O) groups excluding carboxylic acids is 1. The summed E-state index contributed by atoms with van der Waals surface area (Å²) < 4.78 is 35.1. The third-order valence-corrected chi connectivity index (χ3v) is 10.1. The highest BCUT2D eigenvalue weighted by Gasteiger charge is 2.40. The van der Waals surface area contributed by atoms with Crippen LogP contribution >= 0.6 is 22.7 Å². The van der Waals surface area contributed by atoms with Crippen molar-refractivity contribution in [2.45, 2.75) is 36.4 Å². The summed E-state index contributed by atoms with van der Waals surface area (Å²) in [6.07, 6.45) is 2.05. The van der Waals surface area contributed by atoms with Crippen LogP contribution in [0.4, 0.5) is 5.13 Å². The zero-order chi connectivity index (χ0) is 24.3. The Hall–Kier alpha value is -2.05. The SMILES string of the molecule is CCOc1cccc2sc(N(CCN(C)C)C(=O)C3CCCCN3S(=O)(=O)c3cccs3)nc12. The van der Waals surface area contributed by atoms with Gasteiger partial charge in [-0.1, -0.05) is 29.9 Å². The quantitative estimate of drug-likeness (QED) is 0.424. The van der Waals surface area contributed by atoms with Crippen LogP contribution in [0.25, 0.3) is 10.2 Å². The molecule has 11 heteroatoms. The average molecular weight is 523 g/mol. The van der Waals surface area contributed by atoms with Gasteiger partial charge in [0, 0.05) is 19.6 Å². The molecule has 1 saturated heterocycles. The van der Waals surface area contributed by atoms with Gasteiger partial charge in [-0.2, -0.15) is 4.31 Å². The Morgan fingerprint density at radius 3 is 2.74 bits per heavy atom. The maximum Gasteiger partial charge on any atom is 0.253 e. The largest absolute Gasteiger partial charge is 0.492 e. The molecule has 0 N–H and O–H groups in total. The minimum absolute atomic E-state index is 0.223. The zero-order valence-corrected chi connectivity index (χ0v) is 22.1. The van der Waals surface area contributed by atoms with Crippen molar-refractivity contribution in [3.63, 3.8) is 0 Å². The molecule has 1 fully saturated rings. The minimum atomic E-state index is -3.74. The molecule has 4 rings (SSSR count). The van der Waals surface area contributed by atoms with Gasteiger partial charge >= 0.3 is 0 Å². The lowest BCUT2D eigenvalue weighted by Crippen LogP contribution is -2.53. The van der Waals surface area contributed by atoms with E-state index in [0.29, 0.717) is 43.5 Å². The predicted octanol–water partition coefficient (Wildman–Crippen LogP) is 3.89. The maximum atomic E-state index is 14.0. The molecule has 1 aliphatic rings. The number of para-hydroxylation sites is 1. The third kappa shape index (κ3) is 5.13. The summed E-state index contributed by atoms with van der Waals surface area (Å²) in [4.78, 5) is 22.4. The predicted molar refractivity (Wildman–Crippen MR) is 138 cm³/mol. The van der Waals surface area contributed by atoms with Gasteiger partial charge in [0.1, 0.15) is 21.5 Å². The molecule has 0 bridgehead atoms. The highest BCUT2D eigenvalue weighted by molar-refractivity contribution is 7.91. The summed E-state index contributed by atoms with van der Waals surface area (Å²) in [6.45, 7) is 3.83. The van der Waals surface area contributed by atoms with Crippen LogP contribution in [0.1, 0.15) is 26.2 Å². The number of thiophene rings is 1. The number of carbonyl (C=O) groups is 1. The monoisotopic (exact) mass is 522 g/mol. The fraction of sp³-hybridized carbons (Fsp3) is 0.478. The number of benzene rings is 1. The van der Waals surface area contributed by atoms with Crippen LogP contribution < -0.4 is 9.64 Å². The van der Waals surface area contributed by atoms with E-state index in [2.05, 4.69) is 0 Å². The number of thiazole rings is 1. The van der Waals surface area contributed by atoms with Crippen molar-refractivity contribution in [2.75, 3.05) is 45.2 Å². The molecule has 0 aliphatic carbocycles. The molecule has 0 radical (unpaired) electrons. The standard InChI is InChI=1S/C23H30N4O4S3/c1-4-31-18-10-7-11-19-21(18)24-23(33-19)26(15-14-25(2)3)22(28)17-9-5-6-13-27(17)34(29,30)20-12-8-16-32-20/h7-8,10-12,16-17H,4-6,9,13-15H2,1-3H3. The number of hydrogen-bond donors (Lipinski definition) is 0. The molecule has 1 unspecified atom stereocenters. The fourth-order valence-electron chi connectivity index (χ4n) is 4.04. The van der Waals surface area contributed by atoms with Crippen molar-refractivity contribution in [1.82, 2.24) is 14.2 Å². The molecule has 3 heterocycles. The van der Waals surface area contributed by atoms with Crippen molar-refractivity contribution in [2.24, 2.45) is 0 Å². The summed E-state index contributed by atoms with van der Waals surface area (Å²) >= 11 is 2.61. The zero-order valence-electron chi connectivity index (χ0n) is 19.6. The second kappa shape index (κ2) is 10.7. The number of nitrogens with zero attached hydrogens (tertiary/aromatic N) is 4. The van der Waals surface area contributed by atoms with Crippen molar-refractivity contribution < 1.29 is 17.9 Å². The molecule has 0 saturated carbocycles. The Labute approximate surface area is 208 Å². The molecule has 1 atom stereocenters. The first-order valence-electron chi connectivity index (χ1n) is 11.4. The van der Waals surface area contributed by atoms with Gasteiger partial charge in [0.25, 0.3) is 10.0 Å². The first kappa shape index (κ1) is 25.1. The lowest BCUT2D eigenvalue weighted by Gasteiger charge is -2.36. The van der Waals surface area contributed by atoms with Crippen LogP contribution in [0.15, 0.2) is 39.9 Å². The van der Waals surface area contributed by atoms with E-state index in [1.807, 2.05) is 44.1 Å². The number of likely N-dealkylation sites (N-methyl/N-ethyl adjacent to an activating group) is 1. The maximum absolute atomic E-state index is 14.0. The molecule has 3 aromatic rings. The van der Waals surface area contributed by atoms with Crippen molar-refractivity contribution in [3.8, 4) is 5.75 Å². The molecule has 2 aromatic heterocycles. The van der Waals surface area contributed by atoms with E-state index in [9.17, 15) is 13.2 Å². The molecule has 184 valence electrons. The van der Waals surface area contributed by atoms with E-state index in [0.717, 1.165) is 23.1 Å². The van der Waals surface area contributed by atoms with Crippen LogP contribution in [0.2, 0.25) is 0 Å². The second-order valence-electron chi connectivity index (χ2n) is 8.38. The number of ether oxygens (including phenoxy) is 1. The lowest BCUT2D eigenvalue weighted by atomic mass is 10.0. The van der Waals surface area contributed by atoms with Crippen molar-refractivity contribution >= 4 is 54.0 Å². The van der Waals surface area contributed by atoms with E-state index in [1.165, 1.54) is 27.0 Å². The summed E-state index contributed by atoms with van der Waals surface area (Å²) in [7, 11) is 0.152. The van der Waals surface area contributed by atoms with Gasteiger partial charge in [0.15, 0.2) is 5.13 Å². The number of hydrogen-bond acceptors (Lipinski definition) is 8. The number of sulfonamides is 1. The summed E-state index contributed by atoms with van der Waals surface area (Å²) in [6, 6.07) is 8.32. The lowest BCUT2D eigenvalue weighted by molar-refractivity contribution is -0.123. The Balaban J connectivity index is 1.71. The van der Waals surface area contributed by atoms with Gasteiger partial charge in [-0.25, -0.2) is 13.4 Å². The van der Waals surface area contributed by atoms with E-state index >= 15 is 0 Å². The first-order chi connectivity index (χ1) is 16.3. The van der Waals surface area contributed by atoms with Gasteiger partial charge in [0.2, 0.25) is 5.91 Å². The number of amides is 1. The third-order valence-electron chi connectivity index (χ3n) is 5.74. The second-order valence-corrected chi connectivity index (χ2v) is 12.5. The highest BCUT2D eigenvalue weighted by Crippen LogP contribution is 2.36. The van der Waals surface area contributed by atoms with Crippen LogP contribution in [-0.2, 0) is 14.8 Å². The molecular formula is C23H30N4O4S3. The number of rotatable bonds is 9. The van der Waals surface area contributed by atoms with E-state index in [4.69, 9.17) is 9.72 Å². The number of fused-ring (bicyclic) bond motifs is 1. The Bertz CT molecular complexity index is 1220. The molecule has 34 heavy (non-hydrogen) atoms. The Morgan fingerprint density at radius 2 is 2.03 bits per heavy atom. The van der Waals surface area contributed by atoms with E-state index in [-0.39, 0.29) is 10.1 Å². The summed E-state index contributed by atoms with van der Waals surface area (Å²) in [5.74, 6) is 0.459. The number of anilines is 1. The van der Waals surface area contributed by atoms with Crippen molar-refractivity contribution in [1.29, 1.82) is 0 Å². The summed E-state index contributed by atoms with van der Waals surface area (Å²) in [5, 5.41) is 2.31. The number of aromatic nitrogens is 1. The van der Waals surface area contributed by atoms with Gasteiger partial charge < -0.3 is 9.64 Å². The molecule has 1 amide bonds. The average Bonchev–Trinajstić information content (AvgIpc) is 3.50. The summed E-state index contributed by atoms with van der Waals surface area (Å²) in [5.41, 5.74) is 0.721. The topological polar surface area (TPSA) is 83.0 Å². The van der Waals surface area contributed by atoms with Gasteiger partial charge in [-0.3, -0.25) is 9.69 Å². The van der Waals surface area contributed by atoms with Gasteiger partial charge in [-0.05, 0) is 57.4 Å². The van der Waals surface area contributed by atoms with Crippen LogP contribution in [0.5, 0.6) is 5.75 Å². The van der Waals surface area contributed by atoms with Crippen LogP contribution in [0.3, 0.4) is 0 Å². The fourth-order valence-corrected chi connectivity index (χ4v) is 7.83. The highest BCUT2D eigenvalue weighted by atomic mass is 32.2. The van der Waals surface area contributed by atoms with E-state index < -0.39 is 16.1 Å². The molecule has 0 spiro atoms. The first-order valence-corrected chi connectivity index (χ1v) is 14.5. The molecular weight excluding hydrogens is 492 g/mol. The van der Waals surface area contributed by atoms with Crippen LogP contribution in [-0.4, -0.2) is 74.9 Å². The minimum Gasteiger partial charge on any atom is -0.492 e. The van der Waals surface area contributed by atoms with Gasteiger partial charge in [0.05, 0.1) is 11.3 Å². The Kier molecular flexibility index (Phi) is 7.88. The van der Waals surface area contributed by atoms with Crippen LogP contribution in [0, 0.1) is 0 Å². The molecule has 1 aromatic carbocycles. The van der Waals surface area contributed by atoms with E-state index in [1.54, 1.807) is 22.4 Å².